The summed E-state index contributed by atoms with van der Waals surface area (Å²) in [5.74, 6) is 1.89. The summed E-state index contributed by atoms with van der Waals surface area (Å²) < 4.78 is 0. The highest BCUT2D eigenvalue weighted by atomic mass is 14.7. The molecule has 0 heteroatoms. The van der Waals surface area contributed by atoms with Gasteiger partial charge in [0.15, 0.2) is 0 Å². The average Bonchev–Trinajstić information content (AvgIpc) is 2.18. The standard InChI is InChI=1S/C13H24/c1-9-7-10-8-11(2,3)13(9,6)12(10,4)5/h9-10H,7-8H2,1-6H3. The molecule has 76 valence electrons. The minimum Gasteiger partial charge on any atom is -0.0619 e. The van der Waals surface area contributed by atoms with Gasteiger partial charge in [-0.2, -0.15) is 0 Å². The average molecular weight is 180 g/mol. The molecule has 0 aromatic rings. The summed E-state index contributed by atoms with van der Waals surface area (Å²) in [6.45, 7) is 14.9. The predicted molar refractivity (Wildman–Crippen MR) is 57.6 cm³/mol. The van der Waals surface area contributed by atoms with Crippen molar-refractivity contribution < 1.29 is 0 Å². The van der Waals surface area contributed by atoms with Gasteiger partial charge in [0.25, 0.3) is 0 Å². The Morgan fingerprint density at radius 3 is 1.77 bits per heavy atom. The lowest BCUT2D eigenvalue weighted by Gasteiger charge is -2.48. The van der Waals surface area contributed by atoms with Gasteiger partial charge in [0, 0.05) is 0 Å². The smallest absolute Gasteiger partial charge is 0.0195 e. The van der Waals surface area contributed by atoms with E-state index < -0.39 is 0 Å². The molecular weight excluding hydrogens is 156 g/mol. The Morgan fingerprint density at radius 1 is 1.00 bits per heavy atom. The van der Waals surface area contributed by atoms with Gasteiger partial charge in [-0.25, -0.2) is 0 Å². The van der Waals surface area contributed by atoms with Gasteiger partial charge < -0.3 is 0 Å². The highest BCUT2D eigenvalue weighted by Crippen LogP contribution is 2.74. The van der Waals surface area contributed by atoms with Gasteiger partial charge in [0.05, 0.1) is 0 Å². The van der Waals surface area contributed by atoms with Crippen molar-refractivity contribution in [3.05, 3.63) is 0 Å². The van der Waals surface area contributed by atoms with Crippen LogP contribution in [0.25, 0.3) is 0 Å². The van der Waals surface area contributed by atoms with Crippen molar-refractivity contribution in [1.82, 2.24) is 0 Å². The largest absolute Gasteiger partial charge is 0.0619 e. The molecule has 0 radical (unpaired) electrons. The molecule has 0 heterocycles. The molecule has 2 bridgehead atoms. The highest BCUT2D eigenvalue weighted by Gasteiger charge is 2.67. The maximum atomic E-state index is 2.53. The zero-order valence-electron chi connectivity index (χ0n) is 10.1. The molecule has 0 aromatic carbocycles. The quantitative estimate of drug-likeness (QED) is 0.526. The van der Waals surface area contributed by atoms with Gasteiger partial charge in [0.2, 0.25) is 0 Å². The van der Waals surface area contributed by atoms with E-state index in [-0.39, 0.29) is 0 Å². The van der Waals surface area contributed by atoms with E-state index in [0.29, 0.717) is 16.2 Å². The van der Waals surface area contributed by atoms with E-state index in [9.17, 15) is 0 Å². The summed E-state index contributed by atoms with van der Waals surface area (Å²) in [5, 5.41) is 0. The van der Waals surface area contributed by atoms with Crippen LogP contribution >= 0.6 is 0 Å². The van der Waals surface area contributed by atoms with Crippen molar-refractivity contribution in [3.63, 3.8) is 0 Å². The third-order valence-corrected chi connectivity index (χ3v) is 6.15. The van der Waals surface area contributed by atoms with Crippen molar-refractivity contribution in [2.75, 3.05) is 0 Å². The van der Waals surface area contributed by atoms with Crippen LogP contribution in [0.4, 0.5) is 0 Å². The first kappa shape index (κ1) is 9.55. The SMILES string of the molecule is CC1CC2CC(C)(C)C1(C)C2(C)C. The van der Waals surface area contributed by atoms with Crippen LogP contribution in [0.3, 0.4) is 0 Å². The molecule has 2 aliphatic rings. The van der Waals surface area contributed by atoms with Gasteiger partial charge in [0.1, 0.15) is 0 Å². The van der Waals surface area contributed by atoms with Crippen LogP contribution in [-0.2, 0) is 0 Å². The Labute approximate surface area is 83.1 Å². The molecule has 2 aliphatic carbocycles. The topological polar surface area (TPSA) is 0 Å². The Balaban J connectivity index is 2.52. The maximum absolute atomic E-state index is 2.53. The van der Waals surface area contributed by atoms with E-state index in [2.05, 4.69) is 41.5 Å². The number of hydrogen-bond donors (Lipinski definition) is 0. The fraction of sp³-hybridized carbons (Fsp3) is 1.00. The van der Waals surface area contributed by atoms with E-state index in [1.54, 1.807) is 0 Å². The van der Waals surface area contributed by atoms with Crippen LogP contribution in [0.1, 0.15) is 54.4 Å². The monoisotopic (exact) mass is 180 g/mol. The van der Waals surface area contributed by atoms with Gasteiger partial charge >= 0.3 is 0 Å². The molecule has 0 amide bonds. The number of fused-ring (bicyclic) bond motifs is 2. The van der Waals surface area contributed by atoms with Crippen molar-refractivity contribution in [2.45, 2.75) is 54.4 Å². The van der Waals surface area contributed by atoms with Gasteiger partial charge in [-0.3, -0.25) is 0 Å². The van der Waals surface area contributed by atoms with Crippen LogP contribution in [0.15, 0.2) is 0 Å². The van der Waals surface area contributed by atoms with Crippen LogP contribution in [0.2, 0.25) is 0 Å². The highest BCUT2D eigenvalue weighted by molar-refractivity contribution is 5.16. The molecule has 2 fully saturated rings. The third kappa shape index (κ3) is 0.789. The Kier molecular flexibility index (Phi) is 1.58. The molecule has 0 spiro atoms. The first-order valence-corrected chi connectivity index (χ1v) is 5.73. The third-order valence-electron chi connectivity index (χ3n) is 6.15. The molecule has 0 aromatic heterocycles. The minimum atomic E-state index is 0.554. The van der Waals surface area contributed by atoms with E-state index in [1.807, 2.05) is 0 Å². The Morgan fingerprint density at radius 2 is 1.54 bits per heavy atom. The van der Waals surface area contributed by atoms with E-state index in [4.69, 9.17) is 0 Å². The summed E-state index contributed by atoms with van der Waals surface area (Å²) in [4.78, 5) is 0. The lowest BCUT2D eigenvalue weighted by atomic mass is 9.56. The zero-order chi connectivity index (χ0) is 10.1. The van der Waals surface area contributed by atoms with E-state index in [1.165, 1.54) is 12.8 Å². The Bertz CT molecular complexity index is 236. The summed E-state index contributed by atoms with van der Waals surface area (Å²) in [7, 11) is 0. The van der Waals surface area contributed by atoms with Crippen LogP contribution in [0, 0.1) is 28.1 Å². The fourth-order valence-corrected chi connectivity index (χ4v) is 4.72. The summed E-state index contributed by atoms with van der Waals surface area (Å²) >= 11 is 0. The lowest BCUT2D eigenvalue weighted by Crippen LogP contribution is -2.42. The molecule has 0 nitrogen and oxygen atoms in total. The summed E-state index contributed by atoms with van der Waals surface area (Å²) in [6, 6.07) is 0. The second-order valence-electron chi connectivity index (χ2n) is 6.85. The number of hydrogen-bond acceptors (Lipinski definition) is 0. The second-order valence-corrected chi connectivity index (χ2v) is 6.85. The van der Waals surface area contributed by atoms with Crippen molar-refractivity contribution in [1.29, 1.82) is 0 Å². The van der Waals surface area contributed by atoms with Crippen LogP contribution in [0.5, 0.6) is 0 Å². The van der Waals surface area contributed by atoms with Crippen LogP contribution < -0.4 is 0 Å². The molecule has 3 unspecified atom stereocenters. The first-order chi connectivity index (χ1) is 5.73. The normalized spacial score (nSPS) is 51.2. The molecule has 3 atom stereocenters. The molecule has 13 heavy (non-hydrogen) atoms. The predicted octanol–water partition coefficient (Wildman–Crippen LogP) is 4.10. The molecule has 0 N–H and O–H groups in total. The summed E-state index contributed by atoms with van der Waals surface area (Å²) in [6.07, 6.45) is 2.91. The zero-order valence-corrected chi connectivity index (χ0v) is 10.1. The van der Waals surface area contributed by atoms with E-state index in [0.717, 1.165) is 11.8 Å². The fourth-order valence-electron chi connectivity index (χ4n) is 4.72. The molecule has 2 rings (SSSR count). The van der Waals surface area contributed by atoms with Gasteiger partial charge in [-0.1, -0.05) is 41.5 Å². The number of rotatable bonds is 0. The van der Waals surface area contributed by atoms with Crippen molar-refractivity contribution in [3.8, 4) is 0 Å². The van der Waals surface area contributed by atoms with Crippen molar-refractivity contribution in [2.24, 2.45) is 28.1 Å². The van der Waals surface area contributed by atoms with Crippen molar-refractivity contribution >= 4 is 0 Å². The maximum Gasteiger partial charge on any atom is -0.0195 e. The first-order valence-electron chi connectivity index (χ1n) is 5.73. The molecule has 0 aliphatic heterocycles. The van der Waals surface area contributed by atoms with E-state index >= 15 is 0 Å². The molecule has 0 saturated heterocycles. The second kappa shape index (κ2) is 2.15. The minimum absolute atomic E-state index is 0.554. The van der Waals surface area contributed by atoms with Gasteiger partial charge in [-0.15, -0.1) is 0 Å². The molecular formula is C13H24. The lowest BCUT2D eigenvalue weighted by molar-refractivity contribution is 0.000550. The molecule has 2 saturated carbocycles. The van der Waals surface area contributed by atoms with Crippen LogP contribution in [-0.4, -0.2) is 0 Å². The van der Waals surface area contributed by atoms with Gasteiger partial charge in [-0.05, 0) is 40.9 Å². The summed E-state index contributed by atoms with van der Waals surface area (Å²) in [5.41, 5.74) is 1.68. The Hall–Kier alpha value is 0.